The van der Waals surface area contributed by atoms with E-state index >= 15 is 0 Å². The average Bonchev–Trinajstić information content (AvgIpc) is 2.66. The molecule has 140 valence electrons. The second-order valence-corrected chi connectivity index (χ2v) is 6.56. The van der Waals surface area contributed by atoms with Crippen LogP contribution in [-0.4, -0.2) is 18.1 Å². The van der Waals surface area contributed by atoms with Crippen molar-refractivity contribution in [2.24, 2.45) is 10.9 Å². The molecule has 0 fully saturated rings. The van der Waals surface area contributed by atoms with E-state index in [4.69, 9.17) is 10.6 Å². The summed E-state index contributed by atoms with van der Waals surface area (Å²) in [4.78, 5) is 24.0. The maximum absolute atomic E-state index is 12.3. The molecule has 0 bridgehead atoms. The molecule has 0 saturated carbocycles. The molecule has 6 heteroatoms. The maximum atomic E-state index is 12.3. The molecule has 27 heavy (non-hydrogen) atoms. The molecule has 0 spiro atoms. The number of aryl methyl sites for hydroxylation is 1. The molecule has 1 aliphatic rings. The molecule has 3 rings (SSSR count). The molecule has 2 aromatic carbocycles. The summed E-state index contributed by atoms with van der Waals surface area (Å²) in [6.07, 6.45) is 4.82. The molecule has 1 atom stereocenters. The Morgan fingerprint density at radius 2 is 1.96 bits per heavy atom. The number of nitrogens with two attached hydrogens (primary N) is 1. The molecule has 1 heterocycles. The SMILES string of the molecule is NN=Cc1ccc(CCCCC(=O)NC2CC(=O)Oc3ccccc32)cc1. The summed E-state index contributed by atoms with van der Waals surface area (Å²) in [5.74, 6) is 5.30. The van der Waals surface area contributed by atoms with Crippen molar-refractivity contribution in [1.82, 2.24) is 5.32 Å². The lowest BCUT2D eigenvalue weighted by atomic mass is 9.99. The van der Waals surface area contributed by atoms with Crippen LogP contribution in [0.25, 0.3) is 0 Å². The zero-order chi connectivity index (χ0) is 19.1. The van der Waals surface area contributed by atoms with Crippen LogP contribution in [-0.2, 0) is 16.0 Å². The number of ether oxygens (including phenoxy) is 1. The lowest BCUT2D eigenvalue weighted by Gasteiger charge is -2.25. The zero-order valence-corrected chi connectivity index (χ0v) is 15.1. The minimum Gasteiger partial charge on any atom is -0.426 e. The number of nitrogens with zero attached hydrogens (tertiary/aromatic N) is 1. The third-order valence-electron chi connectivity index (χ3n) is 4.55. The Morgan fingerprint density at radius 1 is 1.19 bits per heavy atom. The third-order valence-corrected chi connectivity index (χ3v) is 4.55. The van der Waals surface area contributed by atoms with Gasteiger partial charge in [-0.15, -0.1) is 0 Å². The van der Waals surface area contributed by atoms with Crippen LogP contribution in [0.5, 0.6) is 5.75 Å². The number of hydrogen-bond donors (Lipinski definition) is 2. The highest BCUT2D eigenvalue weighted by atomic mass is 16.5. The summed E-state index contributed by atoms with van der Waals surface area (Å²) in [6, 6.07) is 15.0. The van der Waals surface area contributed by atoms with Gasteiger partial charge in [-0.3, -0.25) is 9.59 Å². The predicted molar refractivity (Wildman–Crippen MR) is 103 cm³/mol. The van der Waals surface area contributed by atoms with E-state index in [0.29, 0.717) is 12.2 Å². The van der Waals surface area contributed by atoms with Crippen molar-refractivity contribution in [2.45, 2.75) is 38.1 Å². The molecule has 0 radical (unpaired) electrons. The lowest BCUT2D eigenvalue weighted by molar-refractivity contribution is -0.136. The average molecular weight is 365 g/mol. The van der Waals surface area contributed by atoms with E-state index in [1.165, 1.54) is 5.56 Å². The number of benzene rings is 2. The van der Waals surface area contributed by atoms with Crippen LogP contribution in [0.1, 0.15) is 48.4 Å². The molecule has 0 aromatic heterocycles. The first-order valence-electron chi connectivity index (χ1n) is 9.07. The van der Waals surface area contributed by atoms with Crippen molar-refractivity contribution in [1.29, 1.82) is 0 Å². The largest absolute Gasteiger partial charge is 0.426 e. The van der Waals surface area contributed by atoms with Gasteiger partial charge in [0.1, 0.15) is 5.75 Å². The van der Waals surface area contributed by atoms with E-state index in [-0.39, 0.29) is 24.3 Å². The first kappa shape index (κ1) is 18.6. The topological polar surface area (TPSA) is 93.8 Å². The number of esters is 1. The Bertz CT molecular complexity index is 831. The fourth-order valence-corrected chi connectivity index (χ4v) is 3.17. The number of carbonyl (C=O) groups is 2. The van der Waals surface area contributed by atoms with Crippen molar-refractivity contribution in [3.05, 3.63) is 65.2 Å². The second-order valence-electron chi connectivity index (χ2n) is 6.56. The van der Waals surface area contributed by atoms with E-state index in [1.807, 2.05) is 42.5 Å². The molecule has 1 amide bonds. The first-order valence-corrected chi connectivity index (χ1v) is 9.07. The Hall–Kier alpha value is -3.15. The highest BCUT2D eigenvalue weighted by Gasteiger charge is 2.27. The van der Waals surface area contributed by atoms with Gasteiger partial charge in [-0.05, 0) is 36.5 Å². The number of amides is 1. The maximum Gasteiger partial charge on any atom is 0.313 e. The minimum atomic E-state index is -0.317. The molecule has 1 aliphatic heterocycles. The number of para-hydroxylation sites is 1. The number of nitrogens with one attached hydrogen (secondary N) is 1. The summed E-state index contributed by atoms with van der Waals surface area (Å²) < 4.78 is 5.21. The summed E-state index contributed by atoms with van der Waals surface area (Å²) in [6.45, 7) is 0. The monoisotopic (exact) mass is 365 g/mol. The van der Waals surface area contributed by atoms with Gasteiger partial charge in [-0.25, -0.2) is 0 Å². The first-order chi connectivity index (χ1) is 13.2. The van der Waals surface area contributed by atoms with Crippen LogP contribution in [0.4, 0.5) is 0 Å². The fourth-order valence-electron chi connectivity index (χ4n) is 3.17. The molecule has 2 aromatic rings. The number of fused-ring (bicyclic) bond motifs is 1. The number of hydrazone groups is 1. The molecule has 3 N–H and O–H groups in total. The van der Waals surface area contributed by atoms with Crippen molar-refractivity contribution in [3.8, 4) is 5.75 Å². The summed E-state index contributed by atoms with van der Waals surface area (Å²) >= 11 is 0. The van der Waals surface area contributed by atoms with Gasteiger partial charge in [0.15, 0.2) is 0 Å². The predicted octanol–water partition coefficient (Wildman–Crippen LogP) is 2.86. The van der Waals surface area contributed by atoms with E-state index in [0.717, 1.165) is 30.4 Å². The van der Waals surface area contributed by atoms with Gasteiger partial charge in [0.25, 0.3) is 0 Å². The van der Waals surface area contributed by atoms with Crippen LogP contribution in [0, 0.1) is 0 Å². The Labute approximate surface area is 158 Å². The second kappa shape index (κ2) is 8.98. The standard InChI is InChI=1S/C21H23N3O3/c22-23-14-16-11-9-15(10-12-16)5-1-4-8-20(25)24-18-13-21(26)27-19-7-3-2-6-17(18)19/h2-3,6-7,9-12,14,18H,1,4-5,8,13,22H2,(H,24,25). The van der Waals surface area contributed by atoms with Crippen molar-refractivity contribution in [2.75, 3.05) is 0 Å². The zero-order valence-electron chi connectivity index (χ0n) is 15.1. The molecular formula is C21H23N3O3. The van der Waals surface area contributed by atoms with Crippen LogP contribution in [0.15, 0.2) is 53.6 Å². The molecular weight excluding hydrogens is 342 g/mol. The van der Waals surface area contributed by atoms with Gasteiger partial charge in [0.05, 0.1) is 18.7 Å². The van der Waals surface area contributed by atoms with Gasteiger partial charge in [-0.2, -0.15) is 5.10 Å². The summed E-state index contributed by atoms with van der Waals surface area (Å²) in [5.41, 5.74) is 3.03. The Morgan fingerprint density at radius 3 is 2.74 bits per heavy atom. The van der Waals surface area contributed by atoms with Crippen LogP contribution in [0.3, 0.4) is 0 Å². The number of rotatable bonds is 7. The van der Waals surface area contributed by atoms with E-state index in [2.05, 4.69) is 10.4 Å². The normalized spacial score (nSPS) is 16.0. The van der Waals surface area contributed by atoms with Crippen molar-refractivity contribution in [3.63, 3.8) is 0 Å². The molecule has 0 saturated heterocycles. The van der Waals surface area contributed by atoms with Crippen LogP contribution < -0.4 is 15.9 Å². The molecule has 1 unspecified atom stereocenters. The van der Waals surface area contributed by atoms with Gasteiger partial charge in [-0.1, -0.05) is 42.5 Å². The van der Waals surface area contributed by atoms with Gasteiger partial charge >= 0.3 is 5.97 Å². The summed E-state index contributed by atoms with van der Waals surface area (Å²) in [5, 5.41) is 6.46. The van der Waals surface area contributed by atoms with E-state index < -0.39 is 0 Å². The number of carbonyl (C=O) groups excluding carboxylic acids is 2. The lowest BCUT2D eigenvalue weighted by Crippen LogP contribution is -2.34. The Kier molecular flexibility index (Phi) is 6.20. The molecule has 0 aliphatic carbocycles. The fraction of sp³-hybridized carbons (Fsp3) is 0.286. The van der Waals surface area contributed by atoms with Gasteiger partial charge in [0.2, 0.25) is 5.91 Å². The van der Waals surface area contributed by atoms with Crippen molar-refractivity contribution < 1.29 is 14.3 Å². The summed E-state index contributed by atoms with van der Waals surface area (Å²) in [7, 11) is 0. The quantitative estimate of drug-likeness (QED) is 0.197. The third kappa shape index (κ3) is 5.17. The van der Waals surface area contributed by atoms with Gasteiger partial charge in [0, 0.05) is 12.0 Å². The smallest absolute Gasteiger partial charge is 0.313 e. The Balaban J connectivity index is 1.44. The van der Waals surface area contributed by atoms with Crippen molar-refractivity contribution >= 4 is 18.1 Å². The van der Waals surface area contributed by atoms with Gasteiger partial charge < -0.3 is 15.9 Å². The van der Waals surface area contributed by atoms with Crippen LogP contribution >= 0.6 is 0 Å². The number of hydrogen-bond acceptors (Lipinski definition) is 5. The van der Waals surface area contributed by atoms with Crippen LogP contribution in [0.2, 0.25) is 0 Å². The van der Waals surface area contributed by atoms with E-state index in [9.17, 15) is 9.59 Å². The molecule has 6 nitrogen and oxygen atoms in total. The highest BCUT2D eigenvalue weighted by Crippen LogP contribution is 2.32. The van der Waals surface area contributed by atoms with E-state index in [1.54, 1.807) is 12.3 Å². The highest BCUT2D eigenvalue weighted by molar-refractivity contribution is 5.81. The number of unbranched alkanes of at least 4 members (excludes halogenated alkanes) is 1. The minimum absolute atomic E-state index is 0.0426.